The number of nitriles is 5. The van der Waals surface area contributed by atoms with E-state index < -0.39 is 39.6 Å². The molecule has 5 nitrogen and oxygen atoms in total. The first kappa shape index (κ1) is 14.5. The van der Waals surface area contributed by atoms with Gasteiger partial charge in [0, 0.05) is 0 Å². The molecule has 20 heavy (non-hydrogen) atoms. The minimum absolute atomic E-state index is 0.712. The van der Waals surface area contributed by atoms with Crippen molar-refractivity contribution >= 4 is 0 Å². The number of rotatable bonds is 0. The zero-order valence-corrected chi connectivity index (χ0v) is 9.37. The highest BCUT2D eigenvalue weighted by Gasteiger charge is 2.40. The summed E-state index contributed by atoms with van der Waals surface area (Å²) in [5.41, 5.74) is -6.37. The average molecular weight is 271 g/mol. The number of halogens is 3. The Hall–Kier alpha value is -3.54. The lowest BCUT2D eigenvalue weighted by Crippen LogP contribution is -2.15. The van der Waals surface area contributed by atoms with Gasteiger partial charge in [0.1, 0.15) is 30.3 Å². The van der Waals surface area contributed by atoms with Gasteiger partial charge in [-0.3, -0.25) is 0 Å². The van der Waals surface area contributed by atoms with E-state index in [9.17, 15) is 13.2 Å². The van der Waals surface area contributed by atoms with Crippen molar-refractivity contribution in [3.63, 3.8) is 0 Å². The molecule has 0 aliphatic rings. The molecule has 94 valence electrons. The van der Waals surface area contributed by atoms with E-state index in [-0.39, 0.29) is 0 Å². The van der Waals surface area contributed by atoms with E-state index in [1.54, 1.807) is 0 Å². The van der Waals surface area contributed by atoms with E-state index in [1.807, 2.05) is 0 Å². The molecular weight excluding hydrogens is 271 g/mol. The highest BCUT2D eigenvalue weighted by Crippen LogP contribution is 2.38. The fraction of sp³-hybridized carbons (Fsp3) is 0.0833. The molecule has 0 atom stereocenters. The Kier molecular flexibility index (Phi) is 3.62. The molecule has 0 unspecified atom stereocenters. The third-order valence-electron chi connectivity index (χ3n) is 2.34. The standard InChI is InChI=1S/C12F3N5/c13-12(14,15)11-9(4-19)7(2-17)6(1-16)8(3-18)10(11)5-20. The van der Waals surface area contributed by atoms with Crippen LogP contribution >= 0.6 is 0 Å². The molecule has 0 amide bonds. The Bertz CT molecular complexity index is 748. The van der Waals surface area contributed by atoms with Crippen LogP contribution in [0.1, 0.15) is 33.4 Å². The van der Waals surface area contributed by atoms with Gasteiger partial charge in [0.15, 0.2) is 0 Å². The van der Waals surface area contributed by atoms with Gasteiger partial charge < -0.3 is 0 Å². The Labute approximate surface area is 110 Å². The predicted octanol–water partition coefficient (Wildman–Crippen LogP) is 2.06. The quantitative estimate of drug-likeness (QED) is 0.715. The number of hydrogen-bond acceptors (Lipinski definition) is 5. The van der Waals surface area contributed by atoms with Crippen molar-refractivity contribution in [1.82, 2.24) is 0 Å². The normalized spacial score (nSPS) is 9.50. The second kappa shape index (κ2) is 4.99. The zero-order chi connectivity index (χ0) is 15.5. The Morgan fingerprint density at radius 2 is 0.800 bits per heavy atom. The number of benzene rings is 1. The largest absolute Gasteiger partial charge is 0.419 e. The Morgan fingerprint density at radius 1 is 0.550 bits per heavy atom. The van der Waals surface area contributed by atoms with Crippen molar-refractivity contribution in [2.45, 2.75) is 6.18 Å². The summed E-state index contributed by atoms with van der Waals surface area (Å²) in [4.78, 5) is 0. The van der Waals surface area contributed by atoms with E-state index in [0.717, 1.165) is 0 Å². The minimum atomic E-state index is -5.11. The molecular formula is C12F3N5. The summed E-state index contributed by atoms with van der Waals surface area (Å²) < 4.78 is 38.8. The van der Waals surface area contributed by atoms with E-state index in [4.69, 9.17) is 26.3 Å². The molecule has 0 spiro atoms. The van der Waals surface area contributed by atoms with E-state index in [1.165, 1.54) is 30.3 Å². The van der Waals surface area contributed by atoms with Gasteiger partial charge in [0.2, 0.25) is 0 Å². The second-order valence-electron chi connectivity index (χ2n) is 3.31. The maximum Gasteiger partial charge on any atom is 0.419 e. The smallest absolute Gasteiger partial charge is 0.192 e. The highest BCUT2D eigenvalue weighted by atomic mass is 19.4. The van der Waals surface area contributed by atoms with Crippen molar-refractivity contribution in [1.29, 1.82) is 26.3 Å². The first-order valence-corrected chi connectivity index (χ1v) is 4.68. The van der Waals surface area contributed by atoms with Crippen LogP contribution in [0.25, 0.3) is 0 Å². The van der Waals surface area contributed by atoms with E-state index >= 15 is 0 Å². The lowest BCUT2D eigenvalue weighted by Gasteiger charge is -2.14. The van der Waals surface area contributed by atoms with Crippen LogP contribution in [0.4, 0.5) is 13.2 Å². The number of hydrogen-bond donors (Lipinski definition) is 0. The van der Waals surface area contributed by atoms with Gasteiger partial charge in [-0.1, -0.05) is 0 Å². The summed E-state index contributed by atoms with van der Waals surface area (Å²) in [5, 5.41) is 44.1. The summed E-state index contributed by atoms with van der Waals surface area (Å²) in [5.74, 6) is 0. The number of nitrogens with zero attached hydrogens (tertiary/aromatic N) is 5. The molecule has 0 aromatic heterocycles. The molecule has 0 aliphatic heterocycles. The molecule has 0 fully saturated rings. The maximum atomic E-state index is 12.9. The minimum Gasteiger partial charge on any atom is -0.192 e. The topological polar surface area (TPSA) is 119 Å². The summed E-state index contributed by atoms with van der Waals surface area (Å²) in [6, 6.07) is 6.31. The average Bonchev–Trinajstić information content (AvgIpc) is 2.42. The molecule has 0 heterocycles. The fourth-order valence-electron chi connectivity index (χ4n) is 1.59. The molecule has 0 saturated carbocycles. The lowest BCUT2D eigenvalue weighted by molar-refractivity contribution is -0.138. The molecule has 0 saturated heterocycles. The van der Waals surface area contributed by atoms with Crippen LogP contribution in [0.3, 0.4) is 0 Å². The van der Waals surface area contributed by atoms with Gasteiger partial charge in [-0.2, -0.15) is 39.5 Å². The lowest BCUT2D eigenvalue weighted by atomic mass is 9.88. The van der Waals surface area contributed by atoms with Crippen LogP contribution in [0, 0.1) is 56.7 Å². The first-order valence-electron chi connectivity index (χ1n) is 4.68. The van der Waals surface area contributed by atoms with E-state index in [0.29, 0.717) is 0 Å². The Morgan fingerprint density at radius 3 is 1.00 bits per heavy atom. The summed E-state index contributed by atoms with van der Waals surface area (Å²) in [6.07, 6.45) is -5.11. The third-order valence-corrected chi connectivity index (χ3v) is 2.34. The predicted molar refractivity (Wildman–Crippen MR) is 55.0 cm³/mol. The van der Waals surface area contributed by atoms with Crippen LogP contribution in [0.2, 0.25) is 0 Å². The van der Waals surface area contributed by atoms with Crippen LogP contribution in [-0.4, -0.2) is 0 Å². The maximum absolute atomic E-state index is 12.9. The molecule has 1 aromatic carbocycles. The fourth-order valence-corrected chi connectivity index (χ4v) is 1.59. The molecule has 1 aromatic rings. The van der Waals surface area contributed by atoms with Crippen LogP contribution in [-0.2, 0) is 6.18 Å². The molecule has 0 aliphatic carbocycles. The molecule has 0 bridgehead atoms. The van der Waals surface area contributed by atoms with Crippen molar-refractivity contribution < 1.29 is 13.2 Å². The van der Waals surface area contributed by atoms with Gasteiger partial charge in [-0.05, 0) is 0 Å². The summed E-state index contributed by atoms with van der Waals surface area (Å²) in [7, 11) is 0. The molecule has 8 heteroatoms. The van der Waals surface area contributed by atoms with Gasteiger partial charge in [-0.15, -0.1) is 0 Å². The highest BCUT2D eigenvalue weighted by molar-refractivity contribution is 5.70. The molecule has 0 radical (unpaired) electrons. The van der Waals surface area contributed by atoms with Crippen molar-refractivity contribution in [2.24, 2.45) is 0 Å². The van der Waals surface area contributed by atoms with E-state index in [2.05, 4.69) is 0 Å². The van der Waals surface area contributed by atoms with Crippen molar-refractivity contribution in [2.75, 3.05) is 0 Å². The summed E-state index contributed by atoms with van der Waals surface area (Å²) >= 11 is 0. The van der Waals surface area contributed by atoms with Crippen molar-refractivity contribution in [3.05, 3.63) is 33.4 Å². The summed E-state index contributed by atoms with van der Waals surface area (Å²) in [6.45, 7) is 0. The zero-order valence-electron chi connectivity index (χ0n) is 9.37. The first-order chi connectivity index (χ1) is 9.37. The van der Waals surface area contributed by atoms with Gasteiger partial charge in [0.05, 0.1) is 33.4 Å². The van der Waals surface area contributed by atoms with Gasteiger partial charge in [0.25, 0.3) is 0 Å². The Balaban J connectivity index is 4.26. The van der Waals surface area contributed by atoms with Crippen LogP contribution in [0.5, 0.6) is 0 Å². The second-order valence-corrected chi connectivity index (χ2v) is 3.31. The van der Waals surface area contributed by atoms with Gasteiger partial charge in [-0.25, -0.2) is 0 Å². The van der Waals surface area contributed by atoms with Crippen LogP contribution in [0.15, 0.2) is 0 Å². The number of alkyl halides is 3. The SMILES string of the molecule is N#Cc1c(C#N)c(C#N)c(C(F)(F)F)c(C#N)c1C#N. The van der Waals surface area contributed by atoms with Gasteiger partial charge >= 0.3 is 6.18 Å². The third kappa shape index (κ3) is 1.97. The molecule has 0 N–H and O–H groups in total. The monoisotopic (exact) mass is 271 g/mol. The van der Waals surface area contributed by atoms with Crippen LogP contribution < -0.4 is 0 Å². The molecule has 1 rings (SSSR count). The van der Waals surface area contributed by atoms with Crippen molar-refractivity contribution in [3.8, 4) is 30.3 Å².